The molecule has 1 aromatic carbocycles. The van der Waals surface area contributed by atoms with Crippen LogP contribution >= 0.6 is 31.9 Å². The molecule has 0 aliphatic rings. The van der Waals surface area contributed by atoms with Crippen LogP contribution in [0.15, 0.2) is 38.3 Å². The van der Waals surface area contributed by atoms with Gasteiger partial charge in [-0.15, -0.1) is 0 Å². The van der Waals surface area contributed by atoms with Gasteiger partial charge in [-0.25, -0.2) is 4.98 Å². The molecule has 0 saturated carbocycles. The van der Waals surface area contributed by atoms with Crippen LogP contribution in [-0.2, 0) is 0 Å². The molecule has 0 bridgehead atoms. The molecule has 0 amide bonds. The minimum absolute atomic E-state index is 0.245. The molecule has 6 heteroatoms. The third-order valence-corrected chi connectivity index (χ3v) is 3.31. The van der Waals surface area contributed by atoms with Crippen LogP contribution in [0, 0.1) is 6.92 Å². The number of nitrogens with zero attached hydrogens (tertiary/aromatic N) is 1. The van der Waals surface area contributed by atoms with Gasteiger partial charge in [0.05, 0.1) is 6.33 Å². The fourth-order valence-corrected chi connectivity index (χ4v) is 1.86. The first-order valence-electron chi connectivity index (χ1n) is 4.75. The molecule has 1 aromatic heterocycles. The molecule has 0 spiro atoms. The Balaban J connectivity index is 2.41. The summed E-state index contributed by atoms with van der Waals surface area (Å²) in [7, 11) is 0. The number of aryl methyl sites for hydroxylation is 1. The van der Waals surface area contributed by atoms with Crippen LogP contribution in [-0.4, -0.2) is 9.97 Å². The number of aromatic nitrogens is 2. The zero-order valence-corrected chi connectivity index (χ0v) is 12.0. The van der Waals surface area contributed by atoms with Gasteiger partial charge in [0.2, 0.25) is 5.88 Å². The van der Waals surface area contributed by atoms with E-state index in [-0.39, 0.29) is 15.9 Å². The van der Waals surface area contributed by atoms with Crippen LogP contribution in [0.25, 0.3) is 0 Å². The molecule has 1 heterocycles. The van der Waals surface area contributed by atoms with Crippen LogP contribution in [0.1, 0.15) is 5.56 Å². The monoisotopic (exact) mass is 358 g/mol. The smallest absolute Gasteiger partial charge is 0.268 e. The summed E-state index contributed by atoms with van der Waals surface area (Å²) < 4.78 is 6.77. The van der Waals surface area contributed by atoms with Gasteiger partial charge in [-0.3, -0.25) is 4.79 Å². The highest BCUT2D eigenvalue weighted by Crippen LogP contribution is 2.29. The normalized spacial score (nSPS) is 10.3. The Kier molecular flexibility index (Phi) is 3.63. The van der Waals surface area contributed by atoms with Gasteiger partial charge in [-0.2, -0.15) is 0 Å². The highest BCUT2D eigenvalue weighted by atomic mass is 79.9. The average molecular weight is 360 g/mol. The van der Waals surface area contributed by atoms with Gasteiger partial charge in [0.1, 0.15) is 10.2 Å². The van der Waals surface area contributed by atoms with E-state index in [1.807, 2.05) is 25.1 Å². The van der Waals surface area contributed by atoms with E-state index in [4.69, 9.17) is 4.74 Å². The Hall–Kier alpha value is -1.14. The second kappa shape index (κ2) is 5.01. The number of halogens is 2. The predicted molar refractivity (Wildman–Crippen MR) is 71.5 cm³/mol. The molecule has 0 aliphatic heterocycles. The SMILES string of the molecule is Cc1ccc(Br)cc1Oc1nc[nH]c(=O)c1Br. The van der Waals surface area contributed by atoms with Crippen molar-refractivity contribution in [2.75, 3.05) is 0 Å². The Morgan fingerprint density at radius 2 is 2.12 bits per heavy atom. The molecule has 0 unspecified atom stereocenters. The van der Waals surface area contributed by atoms with E-state index in [2.05, 4.69) is 41.8 Å². The fraction of sp³-hybridized carbons (Fsp3) is 0.0909. The topological polar surface area (TPSA) is 55.0 Å². The Labute approximate surface area is 114 Å². The highest BCUT2D eigenvalue weighted by molar-refractivity contribution is 9.10. The molecular formula is C11H8Br2N2O2. The Morgan fingerprint density at radius 1 is 1.35 bits per heavy atom. The largest absolute Gasteiger partial charge is 0.437 e. The van der Waals surface area contributed by atoms with E-state index < -0.39 is 0 Å². The molecule has 17 heavy (non-hydrogen) atoms. The summed E-state index contributed by atoms with van der Waals surface area (Å²) in [6.45, 7) is 1.92. The van der Waals surface area contributed by atoms with Crippen molar-refractivity contribution in [3.63, 3.8) is 0 Å². The van der Waals surface area contributed by atoms with Crippen molar-refractivity contribution in [2.45, 2.75) is 6.92 Å². The van der Waals surface area contributed by atoms with E-state index in [1.165, 1.54) is 6.33 Å². The third kappa shape index (κ3) is 2.76. The first-order chi connectivity index (χ1) is 8.08. The highest BCUT2D eigenvalue weighted by Gasteiger charge is 2.09. The van der Waals surface area contributed by atoms with Gasteiger partial charge in [0, 0.05) is 4.47 Å². The maximum absolute atomic E-state index is 11.4. The Morgan fingerprint density at radius 3 is 2.88 bits per heavy atom. The minimum Gasteiger partial charge on any atom is -0.437 e. The van der Waals surface area contributed by atoms with Crippen molar-refractivity contribution < 1.29 is 4.74 Å². The van der Waals surface area contributed by atoms with Crippen molar-refractivity contribution in [3.8, 4) is 11.6 Å². The van der Waals surface area contributed by atoms with E-state index in [0.717, 1.165) is 10.0 Å². The van der Waals surface area contributed by atoms with Gasteiger partial charge in [-0.1, -0.05) is 22.0 Å². The summed E-state index contributed by atoms with van der Waals surface area (Å²) in [6.07, 6.45) is 1.30. The van der Waals surface area contributed by atoms with Crippen LogP contribution in [0.5, 0.6) is 11.6 Å². The molecule has 0 radical (unpaired) electrons. The van der Waals surface area contributed by atoms with Crippen LogP contribution in [0.4, 0.5) is 0 Å². The maximum Gasteiger partial charge on any atom is 0.268 e. The number of aromatic amines is 1. The molecule has 88 valence electrons. The standard InChI is InChI=1S/C11H8Br2N2O2/c1-6-2-3-7(12)4-8(6)17-11-9(13)10(16)14-5-15-11/h2-5H,1H3,(H,14,15,16). The first-order valence-corrected chi connectivity index (χ1v) is 6.33. The summed E-state index contributed by atoms with van der Waals surface area (Å²) >= 11 is 6.50. The Bertz CT molecular complexity index is 611. The molecule has 0 saturated heterocycles. The van der Waals surface area contributed by atoms with Crippen molar-refractivity contribution in [1.82, 2.24) is 9.97 Å². The molecule has 2 aromatic rings. The van der Waals surface area contributed by atoms with Crippen molar-refractivity contribution in [3.05, 3.63) is 49.4 Å². The van der Waals surface area contributed by atoms with Gasteiger partial charge >= 0.3 is 0 Å². The molecule has 0 aliphatic carbocycles. The lowest BCUT2D eigenvalue weighted by atomic mass is 10.2. The quantitative estimate of drug-likeness (QED) is 0.894. The lowest BCUT2D eigenvalue weighted by Crippen LogP contribution is -2.08. The second-order valence-electron chi connectivity index (χ2n) is 3.36. The van der Waals surface area contributed by atoms with Gasteiger partial charge in [0.25, 0.3) is 5.56 Å². The maximum atomic E-state index is 11.4. The predicted octanol–water partition coefficient (Wildman–Crippen LogP) is 3.40. The van der Waals surface area contributed by atoms with Crippen LogP contribution in [0.3, 0.4) is 0 Å². The fourth-order valence-electron chi connectivity index (χ4n) is 1.23. The van der Waals surface area contributed by atoms with E-state index in [0.29, 0.717) is 5.75 Å². The second-order valence-corrected chi connectivity index (χ2v) is 5.07. The summed E-state index contributed by atoms with van der Waals surface area (Å²) in [5, 5.41) is 0. The summed E-state index contributed by atoms with van der Waals surface area (Å²) in [5.41, 5.74) is 0.685. The number of benzene rings is 1. The van der Waals surface area contributed by atoms with E-state index in [9.17, 15) is 4.79 Å². The molecule has 4 nitrogen and oxygen atoms in total. The van der Waals surface area contributed by atoms with Crippen LogP contribution < -0.4 is 10.3 Å². The number of rotatable bonds is 2. The summed E-state index contributed by atoms with van der Waals surface area (Å²) in [6, 6.07) is 5.66. The lowest BCUT2D eigenvalue weighted by molar-refractivity contribution is 0.453. The van der Waals surface area contributed by atoms with Gasteiger partial charge < -0.3 is 9.72 Å². The first kappa shape index (κ1) is 12.3. The van der Waals surface area contributed by atoms with Gasteiger partial charge in [-0.05, 0) is 40.5 Å². The molecule has 1 N–H and O–H groups in total. The summed E-state index contributed by atoms with van der Waals surface area (Å²) in [5.74, 6) is 0.896. The number of H-pyrrole nitrogens is 1. The van der Waals surface area contributed by atoms with E-state index >= 15 is 0 Å². The summed E-state index contributed by atoms with van der Waals surface area (Å²) in [4.78, 5) is 17.8. The number of ether oxygens (including phenoxy) is 1. The van der Waals surface area contributed by atoms with E-state index in [1.54, 1.807) is 0 Å². The number of nitrogens with one attached hydrogen (secondary N) is 1. The van der Waals surface area contributed by atoms with Crippen molar-refractivity contribution in [1.29, 1.82) is 0 Å². The molecule has 0 atom stereocenters. The van der Waals surface area contributed by atoms with Crippen LogP contribution in [0.2, 0.25) is 0 Å². The number of hydrogen-bond acceptors (Lipinski definition) is 3. The number of hydrogen-bond donors (Lipinski definition) is 1. The van der Waals surface area contributed by atoms with Crippen molar-refractivity contribution in [2.24, 2.45) is 0 Å². The van der Waals surface area contributed by atoms with Crippen molar-refractivity contribution >= 4 is 31.9 Å². The van der Waals surface area contributed by atoms with Gasteiger partial charge in [0.15, 0.2) is 0 Å². The molecule has 0 fully saturated rings. The lowest BCUT2D eigenvalue weighted by Gasteiger charge is -2.08. The molecule has 2 rings (SSSR count). The average Bonchev–Trinajstić information content (AvgIpc) is 2.30. The molecular weight excluding hydrogens is 352 g/mol. The zero-order valence-electron chi connectivity index (χ0n) is 8.83. The third-order valence-electron chi connectivity index (χ3n) is 2.12. The zero-order chi connectivity index (χ0) is 12.4. The minimum atomic E-state index is -0.275.